The van der Waals surface area contributed by atoms with E-state index in [-0.39, 0.29) is 19.0 Å². The van der Waals surface area contributed by atoms with Crippen LogP contribution in [0.2, 0.25) is 0 Å². The normalized spacial score (nSPS) is 9.47. The molecule has 86 valence electrons. The van der Waals surface area contributed by atoms with E-state index >= 15 is 0 Å². The second kappa shape index (κ2) is 7.28. The van der Waals surface area contributed by atoms with Gasteiger partial charge in [0.15, 0.2) is 0 Å². The molecule has 0 aromatic carbocycles. The van der Waals surface area contributed by atoms with Crippen molar-refractivity contribution in [3.05, 3.63) is 11.1 Å². The largest absolute Gasteiger partial charge is 0.481 e. The topological polar surface area (TPSA) is 69.6 Å². The maximum absolute atomic E-state index is 11.5. The summed E-state index contributed by atoms with van der Waals surface area (Å²) < 4.78 is 0.671. The van der Waals surface area contributed by atoms with Gasteiger partial charge in [-0.25, -0.2) is 4.79 Å². The van der Waals surface area contributed by atoms with E-state index in [1.165, 1.54) is 4.90 Å². The fraction of sp³-hybridized carbons (Fsp3) is 0.556. The molecule has 0 aliphatic rings. The fourth-order valence-corrected chi connectivity index (χ4v) is 1.06. The second-order valence-electron chi connectivity index (χ2n) is 2.90. The van der Waals surface area contributed by atoms with E-state index in [4.69, 9.17) is 5.11 Å². The molecular weight excluding hydrogens is 264 g/mol. The van der Waals surface area contributed by atoms with Crippen molar-refractivity contribution >= 4 is 27.9 Å². The first-order chi connectivity index (χ1) is 6.97. The lowest BCUT2D eigenvalue weighted by Gasteiger charge is -2.20. The van der Waals surface area contributed by atoms with Crippen LogP contribution in [0.25, 0.3) is 0 Å². The van der Waals surface area contributed by atoms with Gasteiger partial charge in [-0.2, -0.15) is 0 Å². The van der Waals surface area contributed by atoms with Crippen LogP contribution >= 0.6 is 15.9 Å². The number of urea groups is 1. The number of rotatable bonds is 6. The van der Waals surface area contributed by atoms with Crippen LogP contribution in [0.4, 0.5) is 4.79 Å². The lowest BCUT2D eigenvalue weighted by atomic mass is 10.4. The highest BCUT2D eigenvalue weighted by Gasteiger charge is 2.11. The van der Waals surface area contributed by atoms with Gasteiger partial charge < -0.3 is 15.3 Å². The van der Waals surface area contributed by atoms with Crippen LogP contribution in [-0.2, 0) is 4.79 Å². The Morgan fingerprint density at radius 3 is 2.53 bits per heavy atom. The zero-order valence-corrected chi connectivity index (χ0v) is 10.2. The average molecular weight is 279 g/mol. The van der Waals surface area contributed by atoms with Gasteiger partial charge in [-0.05, 0) is 6.92 Å². The molecule has 0 aromatic heterocycles. The van der Waals surface area contributed by atoms with Crippen LogP contribution in [0.3, 0.4) is 0 Å². The third-order valence-corrected chi connectivity index (χ3v) is 1.98. The van der Waals surface area contributed by atoms with Gasteiger partial charge in [-0.1, -0.05) is 22.5 Å². The molecule has 0 spiro atoms. The molecule has 0 fully saturated rings. The SMILES string of the molecule is C=C(Br)CNC(=O)N(CC)CCC(=O)O. The molecule has 0 saturated heterocycles. The van der Waals surface area contributed by atoms with Crippen molar-refractivity contribution in [2.24, 2.45) is 0 Å². The number of amides is 2. The average Bonchev–Trinajstić information content (AvgIpc) is 2.15. The molecule has 0 atom stereocenters. The van der Waals surface area contributed by atoms with Crippen molar-refractivity contribution in [1.29, 1.82) is 0 Å². The molecule has 15 heavy (non-hydrogen) atoms. The lowest BCUT2D eigenvalue weighted by Crippen LogP contribution is -2.41. The Hall–Kier alpha value is -1.04. The third kappa shape index (κ3) is 6.96. The summed E-state index contributed by atoms with van der Waals surface area (Å²) in [4.78, 5) is 23.2. The molecule has 0 rings (SSSR count). The highest BCUT2D eigenvalue weighted by atomic mass is 79.9. The molecule has 0 aromatic rings. The molecule has 0 radical (unpaired) electrons. The molecule has 6 heteroatoms. The van der Waals surface area contributed by atoms with E-state index in [0.717, 1.165) is 0 Å². The monoisotopic (exact) mass is 278 g/mol. The number of nitrogens with zero attached hydrogens (tertiary/aromatic N) is 1. The summed E-state index contributed by atoms with van der Waals surface area (Å²) in [6, 6.07) is -0.278. The molecule has 0 heterocycles. The van der Waals surface area contributed by atoms with E-state index in [1.54, 1.807) is 6.92 Å². The second-order valence-corrected chi connectivity index (χ2v) is 4.02. The Morgan fingerprint density at radius 1 is 1.53 bits per heavy atom. The summed E-state index contributed by atoms with van der Waals surface area (Å²) in [5.41, 5.74) is 0. The standard InChI is InChI=1S/C9H15BrN2O3/c1-3-12(5-4-8(13)14)9(15)11-6-7(2)10/h2-6H2,1H3,(H,11,15)(H,13,14). The van der Waals surface area contributed by atoms with Crippen molar-refractivity contribution in [3.63, 3.8) is 0 Å². The van der Waals surface area contributed by atoms with E-state index in [1.807, 2.05) is 0 Å². The summed E-state index contributed by atoms with van der Waals surface area (Å²) in [5, 5.41) is 11.1. The summed E-state index contributed by atoms with van der Waals surface area (Å²) in [6.45, 7) is 6.40. The Labute approximate surface area is 97.3 Å². The Bertz CT molecular complexity index is 256. The minimum Gasteiger partial charge on any atom is -0.481 e. The summed E-state index contributed by atoms with van der Waals surface area (Å²) in [6.07, 6.45) is -0.0451. The number of carbonyl (C=O) groups excluding carboxylic acids is 1. The number of carboxylic acids is 1. The Balaban J connectivity index is 3.98. The third-order valence-electron chi connectivity index (χ3n) is 1.70. The van der Waals surface area contributed by atoms with E-state index in [2.05, 4.69) is 27.8 Å². The highest BCUT2D eigenvalue weighted by molar-refractivity contribution is 9.11. The number of carboxylic acid groups (broad SMARTS) is 1. The van der Waals surface area contributed by atoms with Crippen LogP contribution in [-0.4, -0.2) is 41.6 Å². The first kappa shape index (κ1) is 14.0. The van der Waals surface area contributed by atoms with E-state index in [9.17, 15) is 9.59 Å². The van der Waals surface area contributed by atoms with Gasteiger partial charge >= 0.3 is 12.0 Å². The van der Waals surface area contributed by atoms with Gasteiger partial charge in [0.2, 0.25) is 0 Å². The van der Waals surface area contributed by atoms with Gasteiger partial charge in [0.25, 0.3) is 0 Å². The van der Waals surface area contributed by atoms with Crippen LogP contribution < -0.4 is 5.32 Å². The van der Waals surface area contributed by atoms with Gasteiger partial charge in [0, 0.05) is 17.6 Å². The summed E-state index contributed by atoms with van der Waals surface area (Å²) in [5.74, 6) is -0.911. The van der Waals surface area contributed by atoms with Gasteiger partial charge in [-0.15, -0.1) is 0 Å². The van der Waals surface area contributed by atoms with E-state index < -0.39 is 5.97 Å². The zero-order valence-electron chi connectivity index (χ0n) is 8.62. The summed E-state index contributed by atoms with van der Waals surface area (Å²) >= 11 is 3.11. The molecule has 0 unspecified atom stereocenters. The molecule has 2 amide bonds. The lowest BCUT2D eigenvalue weighted by molar-refractivity contribution is -0.137. The van der Waals surface area contributed by atoms with Crippen molar-refractivity contribution in [2.45, 2.75) is 13.3 Å². The number of nitrogens with one attached hydrogen (secondary N) is 1. The first-order valence-corrected chi connectivity index (χ1v) is 5.34. The van der Waals surface area contributed by atoms with Crippen LogP contribution in [0, 0.1) is 0 Å². The van der Waals surface area contributed by atoms with Crippen LogP contribution in [0.15, 0.2) is 11.1 Å². The fourth-order valence-electron chi connectivity index (χ4n) is 0.917. The van der Waals surface area contributed by atoms with Crippen LogP contribution in [0.5, 0.6) is 0 Å². The van der Waals surface area contributed by atoms with Gasteiger partial charge in [0.1, 0.15) is 0 Å². The van der Waals surface area contributed by atoms with Gasteiger partial charge in [-0.3, -0.25) is 4.79 Å². The van der Waals surface area contributed by atoms with Gasteiger partial charge in [0.05, 0.1) is 13.0 Å². The molecular formula is C9H15BrN2O3. The number of hydrogen-bond donors (Lipinski definition) is 2. The maximum atomic E-state index is 11.5. The Morgan fingerprint density at radius 2 is 2.13 bits per heavy atom. The predicted octanol–water partition coefficient (Wildman–Crippen LogP) is 1.40. The van der Waals surface area contributed by atoms with Crippen molar-refractivity contribution in [1.82, 2.24) is 10.2 Å². The number of hydrogen-bond acceptors (Lipinski definition) is 2. The highest BCUT2D eigenvalue weighted by Crippen LogP contribution is 1.98. The number of aliphatic carboxylic acids is 1. The number of halogens is 1. The molecule has 0 bridgehead atoms. The predicted molar refractivity (Wildman–Crippen MR) is 61.0 cm³/mol. The van der Waals surface area contributed by atoms with Crippen molar-refractivity contribution in [2.75, 3.05) is 19.6 Å². The quantitative estimate of drug-likeness (QED) is 0.772. The first-order valence-electron chi connectivity index (χ1n) is 4.55. The molecule has 0 saturated carbocycles. The molecule has 0 aliphatic carbocycles. The molecule has 2 N–H and O–H groups in total. The molecule has 5 nitrogen and oxygen atoms in total. The van der Waals surface area contributed by atoms with Crippen molar-refractivity contribution in [3.8, 4) is 0 Å². The van der Waals surface area contributed by atoms with E-state index in [0.29, 0.717) is 17.6 Å². The Kier molecular flexibility index (Phi) is 6.77. The summed E-state index contributed by atoms with van der Waals surface area (Å²) in [7, 11) is 0. The number of carbonyl (C=O) groups is 2. The molecule has 0 aliphatic heterocycles. The van der Waals surface area contributed by atoms with Crippen LogP contribution in [0.1, 0.15) is 13.3 Å². The zero-order chi connectivity index (χ0) is 11.8. The van der Waals surface area contributed by atoms with Crippen molar-refractivity contribution < 1.29 is 14.7 Å². The maximum Gasteiger partial charge on any atom is 0.317 e. The smallest absolute Gasteiger partial charge is 0.317 e. The minimum absolute atomic E-state index is 0.0451. The minimum atomic E-state index is -0.911.